The number of esters is 1. The predicted octanol–water partition coefficient (Wildman–Crippen LogP) is -0.227. The molecule has 1 rings (SSSR count). The van der Waals surface area contributed by atoms with Gasteiger partial charge in [-0.05, 0) is 27.9 Å². The van der Waals surface area contributed by atoms with E-state index in [4.69, 9.17) is 4.74 Å². The Morgan fingerprint density at radius 2 is 2.18 bits per heavy atom. The Hall–Kier alpha value is -0.650. The first-order chi connectivity index (χ1) is 7.92. The normalized spacial score (nSPS) is 26.5. The second kappa shape index (κ2) is 5.80. The van der Waals surface area contributed by atoms with E-state index < -0.39 is 5.54 Å². The van der Waals surface area contributed by atoms with E-state index in [0.717, 1.165) is 19.6 Å². The lowest BCUT2D eigenvalue weighted by Crippen LogP contribution is -2.60. The highest BCUT2D eigenvalue weighted by atomic mass is 16.5. The molecule has 1 aliphatic rings. The van der Waals surface area contributed by atoms with Crippen molar-refractivity contribution >= 4 is 5.97 Å². The maximum absolute atomic E-state index is 11.8. The fourth-order valence-electron chi connectivity index (χ4n) is 2.19. The highest BCUT2D eigenvalue weighted by Gasteiger charge is 2.36. The predicted molar refractivity (Wildman–Crippen MR) is 68.0 cm³/mol. The Bertz CT molecular complexity index is 272. The van der Waals surface area contributed by atoms with Crippen LogP contribution in [0.15, 0.2) is 0 Å². The molecule has 5 nitrogen and oxygen atoms in total. The van der Waals surface area contributed by atoms with Gasteiger partial charge in [-0.25, -0.2) is 0 Å². The van der Waals surface area contributed by atoms with Gasteiger partial charge in [0, 0.05) is 32.2 Å². The highest BCUT2D eigenvalue weighted by Crippen LogP contribution is 2.13. The number of piperazine rings is 1. The maximum atomic E-state index is 11.8. The van der Waals surface area contributed by atoms with Gasteiger partial charge in [-0.2, -0.15) is 0 Å². The van der Waals surface area contributed by atoms with Crippen molar-refractivity contribution in [1.82, 2.24) is 15.1 Å². The number of hydrogen-bond donors (Lipinski definition) is 1. The third kappa shape index (κ3) is 3.40. The minimum absolute atomic E-state index is 0.202. The molecule has 0 aromatic heterocycles. The van der Waals surface area contributed by atoms with Crippen LogP contribution < -0.4 is 5.32 Å². The molecule has 17 heavy (non-hydrogen) atoms. The van der Waals surface area contributed by atoms with Gasteiger partial charge < -0.3 is 15.0 Å². The molecule has 0 aromatic rings. The topological polar surface area (TPSA) is 44.8 Å². The van der Waals surface area contributed by atoms with E-state index in [2.05, 4.69) is 29.1 Å². The van der Waals surface area contributed by atoms with Crippen molar-refractivity contribution in [3.63, 3.8) is 0 Å². The summed E-state index contributed by atoms with van der Waals surface area (Å²) in [6.45, 7) is 7.82. The Morgan fingerprint density at radius 1 is 1.53 bits per heavy atom. The Morgan fingerprint density at radius 3 is 2.65 bits per heavy atom. The van der Waals surface area contributed by atoms with Gasteiger partial charge in [0.05, 0.1) is 7.11 Å². The lowest BCUT2D eigenvalue weighted by Gasteiger charge is -2.41. The van der Waals surface area contributed by atoms with Gasteiger partial charge in [0.15, 0.2) is 0 Å². The number of ether oxygens (including phenoxy) is 1. The zero-order chi connectivity index (χ0) is 13.1. The van der Waals surface area contributed by atoms with Crippen LogP contribution in [-0.4, -0.2) is 74.7 Å². The molecule has 0 aliphatic carbocycles. The number of nitrogens with zero attached hydrogens (tertiary/aromatic N) is 2. The van der Waals surface area contributed by atoms with Crippen molar-refractivity contribution < 1.29 is 9.53 Å². The molecule has 0 aromatic carbocycles. The number of carbonyl (C=O) groups excluding carboxylic acids is 1. The number of methoxy groups -OCH3 is 1. The first-order valence-electron chi connectivity index (χ1n) is 6.13. The van der Waals surface area contributed by atoms with Crippen molar-refractivity contribution in [3.05, 3.63) is 0 Å². The lowest BCUT2D eigenvalue weighted by molar-refractivity contribution is -0.148. The summed E-state index contributed by atoms with van der Waals surface area (Å²) in [5.74, 6) is -0.202. The highest BCUT2D eigenvalue weighted by molar-refractivity contribution is 5.80. The van der Waals surface area contributed by atoms with Crippen molar-refractivity contribution in [2.45, 2.75) is 25.4 Å². The minimum Gasteiger partial charge on any atom is -0.468 e. The van der Waals surface area contributed by atoms with Crippen LogP contribution in [-0.2, 0) is 9.53 Å². The van der Waals surface area contributed by atoms with Crippen LogP contribution in [0.1, 0.15) is 13.8 Å². The van der Waals surface area contributed by atoms with Crippen LogP contribution in [0.3, 0.4) is 0 Å². The van der Waals surface area contributed by atoms with Crippen molar-refractivity contribution in [2.75, 3.05) is 47.4 Å². The molecule has 0 bridgehead atoms. The average molecular weight is 243 g/mol. The molecule has 1 saturated heterocycles. The number of nitrogens with one attached hydrogen (secondary N) is 1. The molecule has 2 unspecified atom stereocenters. The van der Waals surface area contributed by atoms with Crippen LogP contribution in [0.2, 0.25) is 0 Å². The summed E-state index contributed by atoms with van der Waals surface area (Å²) in [6.07, 6.45) is 0. The van der Waals surface area contributed by atoms with Crippen LogP contribution in [0.5, 0.6) is 0 Å². The second-order valence-electron chi connectivity index (χ2n) is 5.14. The van der Waals surface area contributed by atoms with Crippen LogP contribution in [0.25, 0.3) is 0 Å². The number of hydrogen-bond acceptors (Lipinski definition) is 5. The van der Waals surface area contributed by atoms with Crippen molar-refractivity contribution in [2.24, 2.45) is 0 Å². The van der Waals surface area contributed by atoms with Gasteiger partial charge in [-0.1, -0.05) is 0 Å². The molecule has 5 heteroatoms. The van der Waals surface area contributed by atoms with Gasteiger partial charge in [0.2, 0.25) is 0 Å². The van der Waals surface area contributed by atoms with E-state index in [1.807, 2.05) is 6.92 Å². The monoisotopic (exact) mass is 243 g/mol. The third-order valence-electron chi connectivity index (χ3n) is 3.77. The quantitative estimate of drug-likeness (QED) is 0.691. The number of carbonyl (C=O) groups is 1. The van der Waals surface area contributed by atoms with E-state index >= 15 is 0 Å². The largest absolute Gasteiger partial charge is 0.468 e. The second-order valence-corrected chi connectivity index (χ2v) is 5.14. The van der Waals surface area contributed by atoms with Gasteiger partial charge in [-0.15, -0.1) is 0 Å². The van der Waals surface area contributed by atoms with Crippen LogP contribution in [0, 0.1) is 0 Å². The lowest BCUT2D eigenvalue weighted by atomic mass is 10.0. The van der Waals surface area contributed by atoms with Gasteiger partial charge in [-0.3, -0.25) is 9.69 Å². The van der Waals surface area contributed by atoms with E-state index in [0.29, 0.717) is 12.6 Å². The fraction of sp³-hybridized carbons (Fsp3) is 0.917. The summed E-state index contributed by atoms with van der Waals surface area (Å²) in [7, 11) is 5.38. The molecular formula is C12H25N3O2. The van der Waals surface area contributed by atoms with Crippen LogP contribution >= 0.6 is 0 Å². The number of rotatable bonds is 4. The zero-order valence-corrected chi connectivity index (χ0v) is 11.6. The number of likely N-dealkylation sites (N-methyl/N-ethyl adjacent to an activating group) is 2. The average Bonchev–Trinajstić information content (AvgIpc) is 2.32. The van der Waals surface area contributed by atoms with Crippen LogP contribution in [0.4, 0.5) is 0 Å². The summed E-state index contributed by atoms with van der Waals surface area (Å²) < 4.78 is 4.86. The minimum atomic E-state index is -0.621. The maximum Gasteiger partial charge on any atom is 0.327 e. The van der Waals surface area contributed by atoms with E-state index in [-0.39, 0.29) is 5.97 Å². The van der Waals surface area contributed by atoms with E-state index in [1.54, 1.807) is 7.05 Å². The van der Waals surface area contributed by atoms with Gasteiger partial charge in [0.1, 0.15) is 5.54 Å². The Balaban J connectivity index is 2.60. The summed E-state index contributed by atoms with van der Waals surface area (Å²) in [5.41, 5.74) is -0.621. The SMILES string of the molecule is CNC(C)(CN1CCN(C)C(C)C1)C(=O)OC. The van der Waals surface area contributed by atoms with Gasteiger partial charge >= 0.3 is 5.97 Å². The fourth-order valence-corrected chi connectivity index (χ4v) is 2.19. The summed E-state index contributed by atoms with van der Waals surface area (Å²) in [5, 5.41) is 3.07. The first-order valence-corrected chi connectivity index (χ1v) is 6.13. The van der Waals surface area contributed by atoms with E-state index in [9.17, 15) is 4.79 Å². The standard InChI is InChI=1S/C12H25N3O2/c1-10-8-15(7-6-14(10)4)9-12(2,13-3)11(16)17-5/h10,13H,6-9H2,1-5H3. The third-order valence-corrected chi connectivity index (χ3v) is 3.77. The van der Waals surface area contributed by atoms with Crippen molar-refractivity contribution in [1.29, 1.82) is 0 Å². The molecule has 1 fully saturated rings. The molecule has 1 N–H and O–H groups in total. The first kappa shape index (κ1) is 14.4. The molecule has 0 amide bonds. The molecular weight excluding hydrogens is 218 g/mol. The molecule has 0 saturated carbocycles. The summed E-state index contributed by atoms with van der Waals surface area (Å²) in [4.78, 5) is 16.4. The Kier molecular flexibility index (Phi) is 4.91. The molecule has 0 radical (unpaired) electrons. The van der Waals surface area contributed by atoms with Crippen molar-refractivity contribution in [3.8, 4) is 0 Å². The molecule has 1 heterocycles. The Labute approximate surface area is 104 Å². The molecule has 100 valence electrons. The molecule has 1 aliphatic heterocycles. The zero-order valence-electron chi connectivity index (χ0n) is 11.6. The summed E-state index contributed by atoms with van der Waals surface area (Å²) >= 11 is 0. The van der Waals surface area contributed by atoms with Gasteiger partial charge in [0.25, 0.3) is 0 Å². The summed E-state index contributed by atoms with van der Waals surface area (Å²) in [6, 6.07) is 0.530. The smallest absolute Gasteiger partial charge is 0.327 e. The molecule has 2 atom stereocenters. The van der Waals surface area contributed by atoms with E-state index in [1.165, 1.54) is 7.11 Å². The molecule has 0 spiro atoms.